The first-order valence-corrected chi connectivity index (χ1v) is 10.5. The molecule has 2 aliphatic rings. The van der Waals surface area contributed by atoms with Crippen LogP contribution in [0.5, 0.6) is 0 Å². The van der Waals surface area contributed by atoms with Crippen LogP contribution in [-0.4, -0.2) is 29.8 Å². The minimum atomic E-state index is -0.0744. The van der Waals surface area contributed by atoms with E-state index in [4.69, 9.17) is 11.6 Å². The molecule has 1 aliphatic heterocycles. The predicted molar refractivity (Wildman–Crippen MR) is 110 cm³/mol. The third-order valence-electron chi connectivity index (χ3n) is 5.75. The summed E-state index contributed by atoms with van der Waals surface area (Å²) in [4.78, 5) is 27.0. The number of anilines is 1. The average Bonchev–Trinajstić information content (AvgIpc) is 2.59. The lowest BCUT2D eigenvalue weighted by Gasteiger charge is -2.41. The lowest BCUT2D eigenvalue weighted by Crippen LogP contribution is -2.44. The van der Waals surface area contributed by atoms with Gasteiger partial charge in [0.15, 0.2) is 0 Å². The lowest BCUT2D eigenvalue weighted by atomic mass is 9.75. The van der Waals surface area contributed by atoms with Crippen molar-refractivity contribution in [1.82, 2.24) is 4.90 Å². The van der Waals surface area contributed by atoms with Gasteiger partial charge in [0.25, 0.3) is 5.91 Å². The molecule has 2 amide bonds. The zero-order chi connectivity index (χ0) is 19.6. The van der Waals surface area contributed by atoms with E-state index in [9.17, 15) is 9.59 Å². The summed E-state index contributed by atoms with van der Waals surface area (Å²) in [5.41, 5.74) is 1.09. The molecule has 3 rings (SSSR count). The molecule has 2 unspecified atom stereocenters. The molecule has 5 heteroatoms. The summed E-state index contributed by atoms with van der Waals surface area (Å²) in [6.07, 6.45) is 6.71. The number of piperidine rings is 1. The number of carbonyl (C=O) groups is 2. The van der Waals surface area contributed by atoms with E-state index in [-0.39, 0.29) is 17.2 Å². The SMILES string of the molecule is CC(C)(C)CC(=O)Nc1ccc(C(=O)N2CCC3CCCCC3C2)c(Cl)c1. The Hall–Kier alpha value is -1.55. The largest absolute Gasteiger partial charge is 0.338 e. The molecule has 1 N–H and O–H groups in total. The number of likely N-dealkylation sites (tertiary alicyclic amines) is 1. The van der Waals surface area contributed by atoms with Crippen molar-refractivity contribution in [2.24, 2.45) is 17.3 Å². The Kier molecular flexibility index (Phi) is 6.15. The van der Waals surface area contributed by atoms with Crippen LogP contribution in [0.25, 0.3) is 0 Å². The van der Waals surface area contributed by atoms with Gasteiger partial charge in [-0.2, -0.15) is 0 Å². The highest BCUT2D eigenvalue weighted by atomic mass is 35.5. The molecule has 0 radical (unpaired) electrons. The first kappa shape index (κ1) is 20.2. The highest BCUT2D eigenvalue weighted by Crippen LogP contribution is 2.37. The molecular formula is C22H31ClN2O2. The number of amides is 2. The van der Waals surface area contributed by atoms with E-state index in [1.165, 1.54) is 25.7 Å². The van der Waals surface area contributed by atoms with Gasteiger partial charge in [-0.25, -0.2) is 0 Å². The number of benzene rings is 1. The van der Waals surface area contributed by atoms with Crippen molar-refractivity contribution >= 4 is 29.1 Å². The van der Waals surface area contributed by atoms with Crippen LogP contribution >= 0.6 is 11.6 Å². The Morgan fingerprint density at radius 3 is 2.52 bits per heavy atom. The molecule has 1 heterocycles. The van der Waals surface area contributed by atoms with Gasteiger partial charge in [0.05, 0.1) is 10.6 Å². The van der Waals surface area contributed by atoms with Crippen molar-refractivity contribution in [3.8, 4) is 0 Å². The van der Waals surface area contributed by atoms with Gasteiger partial charge in [0.1, 0.15) is 0 Å². The van der Waals surface area contributed by atoms with Crippen molar-refractivity contribution in [2.45, 2.75) is 59.3 Å². The number of nitrogens with zero attached hydrogens (tertiary/aromatic N) is 1. The van der Waals surface area contributed by atoms with Crippen LogP contribution < -0.4 is 5.32 Å². The van der Waals surface area contributed by atoms with Crippen molar-refractivity contribution in [1.29, 1.82) is 0 Å². The molecule has 0 aromatic heterocycles. The fraction of sp³-hybridized carbons (Fsp3) is 0.636. The third kappa shape index (κ3) is 5.25. The highest BCUT2D eigenvalue weighted by molar-refractivity contribution is 6.34. The van der Waals surface area contributed by atoms with E-state index in [0.717, 1.165) is 25.4 Å². The summed E-state index contributed by atoms with van der Waals surface area (Å²) < 4.78 is 0. The van der Waals surface area contributed by atoms with Gasteiger partial charge in [0, 0.05) is 25.2 Å². The van der Waals surface area contributed by atoms with Gasteiger partial charge in [-0.3, -0.25) is 9.59 Å². The number of carbonyl (C=O) groups excluding carboxylic acids is 2. The summed E-state index contributed by atoms with van der Waals surface area (Å²) in [5.74, 6) is 1.40. The average molecular weight is 391 g/mol. The zero-order valence-electron chi connectivity index (χ0n) is 16.7. The molecule has 2 fully saturated rings. The molecule has 27 heavy (non-hydrogen) atoms. The standard InChI is InChI=1S/C22H31ClN2O2/c1-22(2,3)13-20(26)24-17-8-9-18(19(23)12-17)21(27)25-11-10-15-6-4-5-7-16(15)14-25/h8-9,12,15-16H,4-7,10-11,13-14H2,1-3H3,(H,24,26). The van der Waals surface area contributed by atoms with Crippen LogP contribution in [0.4, 0.5) is 5.69 Å². The fourth-order valence-electron chi connectivity index (χ4n) is 4.41. The lowest BCUT2D eigenvalue weighted by molar-refractivity contribution is -0.117. The van der Waals surface area contributed by atoms with Crippen LogP contribution in [0.3, 0.4) is 0 Å². The van der Waals surface area contributed by atoms with Gasteiger partial charge < -0.3 is 10.2 Å². The predicted octanol–water partition coefficient (Wildman–Crippen LogP) is 5.37. The van der Waals surface area contributed by atoms with Crippen molar-refractivity contribution in [3.63, 3.8) is 0 Å². The number of rotatable bonds is 3. The van der Waals surface area contributed by atoms with Gasteiger partial charge in [0.2, 0.25) is 5.91 Å². The number of fused-ring (bicyclic) bond motifs is 1. The molecule has 1 aliphatic carbocycles. The quantitative estimate of drug-likeness (QED) is 0.754. The summed E-state index contributed by atoms with van der Waals surface area (Å²) in [7, 11) is 0. The molecule has 4 nitrogen and oxygen atoms in total. The van der Waals surface area contributed by atoms with E-state index in [0.29, 0.717) is 28.6 Å². The van der Waals surface area contributed by atoms with Crippen LogP contribution in [-0.2, 0) is 4.79 Å². The van der Waals surface area contributed by atoms with E-state index in [1.54, 1.807) is 18.2 Å². The van der Waals surface area contributed by atoms with Crippen molar-refractivity contribution < 1.29 is 9.59 Å². The van der Waals surface area contributed by atoms with Gasteiger partial charge in [-0.1, -0.05) is 51.6 Å². The molecule has 1 aromatic rings. The number of hydrogen-bond donors (Lipinski definition) is 1. The maximum absolute atomic E-state index is 13.0. The second-order valence-corrected chi connectivity index (χ2v) is 9.73. The van der Waals surface area contributed by atoms with E-state index in [2.05, 4.69) is 5.32 Å². The number of hydrogen-bond acceptors (Lipinski definition) is 2. The maximum atomic E-state index is 13.0. The van der Waals surface area contributed by atoms with Crippen LogP contribution in [0.1, 0.15) is 69.7 Å². The first-order chi connectivity index (χ1) is 12.7. The Bertz CT molecular complexity index is 711. The minimum absolute atomic E-state index is 0.0107. The van der Waals surface area contributed by atoms with Crippen LogP contribution in [0.2, 0.25) is 5.02 Å². The summed E-state index contributed by atoms with van der Waals surface area (Å²) in [6, 6.07) is 5.19. The molecule has 1 saturated carbocycles. The molecule has 1 aromatic carbocycles. The molecule has 2 atom stereocenters. The van der Waals surface area contributed by atoms with Crippen LogP contribution in [0, 0.1) is 17.3 Å². The normalized spacial score (nSPS) is 22.9. The molecule has 1 saturated heterocycles. The van der Waals surface area contributed by atoms with Crippen molar-refractivity contribution in [2.75, 3.05) is 18.4 Å². The monoisotopic (exact) mass is 390 g/mol. The van der Waals surface area contributed by atoms with Crippen LogP contribution in [0.15, 0.2) is 18.2 Å². The van der Waals surface area contributed by atoms with Gasteiger partial charge in [-0.15, -0.1) is 0 Å². The van der Waals surface area contributed by atoms with E-state index < -0.39 is 0 Å². The van der Waals surface area contributed by atoms with Gasteiger partial charge >= 0.3 is 0 Å². The Morgan fingerprint density at radius 2 is 1.85 bits per heavy atom. The Balaban J connectivity index is 1.64. The second-order valence-electron chi connectivity index (χ2n) is 9.32. The number of halogens is 1. The minimum Gasteiger partial charge on any atom is -0.338 e. The molecular weight excluding hydrogens is 360 g/mol. The maximum Gasteiger partial charge on any atom is 0.255 e. The first-order valence-electron chi connectivity index (χ1n) is 10.1. The zero-order valence-corrected chi connectivity index (χ0v) is 17.4. The highest BCUT2D eigenvalue weighted by Gasteiger charge is 2.33. The van der Waals surface area contributed by atoms with Crippen molar-refractivity contribution in [3.05, 3.63) is 28.8 Å². The Labute approximate surface area is 167 Å². The fourth-order valence-corrected chi connectivity index (χ4v) is 4.67. The topological polar surface area (TPSA) is 49.4 Å². The summed E-state index contributed by atoms with van der Waals surface area (Å²) >= 11 is 6.40. The second kappa shape index (κ2) is 8.22. The molecule has 148 valence electrons. The van der Waals surface area contributed by atoms with E-state index >= 15 is 0 Å². The molecule has 0 bridgehead atoms. The third-order valence-corrected chi connectivity index (χ3v) is 6.07. The smallest absolute Gasteiger partial charge is 0.255 e. The summed E-state index contributed by atoms with van der Waals surface area (Å²) in [5, 5.41) is 3.28. The van der Waals surface area contributed by atoms with Gasteiger partial charge in [-0.05, 0) is 48.3 Å². The summed E-state index contributed by atoms with van der Waals surface area (Å²) in [6.45, 7) is 7.74. The Morgan fingerprint density at radius 1 is 1.15 bits per heavy atom. The van der Waals surface area contributed by atoms with E-state index in [1.807, 2.05) is 25.7 Å². The number of nitrogens with one attached hydrogen (secondary N) is 1. The molecule has 0 spiro atoms.